The summed E-state index contributed by atoms with van der Waals surface area (Å²) in [6, 6.07) is 16.3. The number of ketones is 1. The number of Topliss-reactive ketones (excluding diaryl/α,β-unsaturated/α-hetero) is 1. The van der Waals surface area contributed by atoms with Gasteiger partial charge in [0.05, 0.1) is 13.7 Å². The number of hydrogen-bond acceptors (Lipinski definition) is 6. The molecule has 1 unspecified atom stereocenters. The quantitative estimate of drug-likeness (QED) is 0.259. The predicted octanol–water partition coefficient (Wildman–Crippen LogP) is 7.07. The summed E-state index contributed by atoms with van der Waals surface area (Å²) in [6.07, 6.45) is 12.8. The smallest absolute Gasteiger partial charge is 0.220 e. The van der Waals surface area contributed by atoms with Crippen molar-refractivity contribution in [2.75, 3.05) is 33.4 Å². The van der Waals surface area contributed by atoms with E-state index in [1.54, 1.807) is 18.4 Å². The van der Waals surface area contributed by atoms with E-state index >= 15 is 0 Å². The van der Waals surface area contributed by atoms with Gasteiger partial charge in [-0.25, -0.2) is 0 Å². The van der Waals surface area contributed by atoms with Gasteiger partial charge < -0.3 is 14.8 Å². The Morgan fingerprint density at radius 3 is 2.62 bits per heavy atom. The zero-order valence-electron chi connectivity index (χ0n) is 24.2. The summed E-state index contributed by atoms with van der Waals surface area (Å²) in [5.74, 6) is 1.73. The van der Waals surface area contributed by atoms with Crippen LogP contribution in [0.25, 0.3) is 20.5 Å². The van der Waals surface area contributed by atoms with Gasteiger partial charge in [0.1, 0.15) is 11.5 Å². The van der Waals surface area contributed by atoms with E-state index in [1.807, 2.05) is 54.6 Å². The molecular weight excluding hydrogens is 544 g/mol. The van der Waals surface area contributed by atoms with Crippen molar-refractivity contribution in [1.82, 2.24) is 10.2 Å². The summed E-state index contributed by atoms with van der Waals surface area (Å²) in [5, 5.41) is 3.96. The van der Waals surface area contributed by atoms with Crippen molar-refractivity contribution in [1.29, 1.82) is 0 Å². The number of carbonyl (C=O) groups excluding carboxylic acids is 2. The molecule has 3 heterocycles. The Labute approximate surface area is 251 Å². The van der Waals surface area contributed by atoms with Gasteiger partial charge >= 0.3 is 0 Å². The summed E-state index contributed by atoms with van der Waals surface area (Å²) < 4.78 is 12.8. The summed E-state index contributed by atoms with van der Waals surface area (Å²) in [4.78, 5) is 29.2. The normalized spacial score (nSPS) is 19.5. The minimum Gasteiger partial charge on any atom is -0.501 e. The zero-order valence-corrected chi connectivity index (χ0v) is 25.0. The van der Waals surface area contributed by atoms with E-state index in [0.29, 0.717) is 25.0 Å². The van der Waals surface area contributed by atoms with Gasteiger partial charge in [0.25, 0.3) is 0 Å². The van der Waals surface area contributed by atoms with Crippen LogP contribution in [-0.2, 0) is 9.53 Å². The molecule has 42 heavy (non-hydrogen) atoms. The van der Waals surface area contributed by atoms with Crippen LogP contribution in [0.4, 0.5) is 0 Å². The molecular formula is C35H38N2O4S. The standard InChI is InChI=1S/C35H38N2O4S/c1-40-29-21-24(23-37-18-5-2-6-19-37)9-10-26(22-29)34(39)33-30-7-3-4-8-31(30)42-35(33)25-11-14-28(15-12-25)41-20-17-27-13-16-32(38)36-27/h3-4,7-12,14-15,22,27H,2,5-6,13,16-21,23H2,1H3,(H,36,38). The van der Waals surface area contributed by atoms with Crippen LogP contribution < -0.4 is 10.1 Å². The van der Waals surface area contributed by atoms with Crippen LogP contribution >= 0.6 is 11.3 Å². The second-order valence-corrected chi connectivity index (χ2v) is 12.4. The van der Waals surface area contributed by atoms with E-state index in [2.05, 4.69) is 22.4 Å². The van der Waals surface area contributed by atoms with Crippen LogP contribution in [0.2, 0.25) is 0 Å². The van der Waals surface area contributed by atoms with Crippen molar-refractivity contribution < 1.29 is 19.1 Å². The Bertz CT molecular complexity index is 1540. The average Bonchev–Trinajstić information content (AvgIpc) is 3.55. The molecule has 2 aromatic carbocycles. The lowest BCUT2D eigenvalue weighted by molar-refractivity contribution is -0.119. The first kappa shape index (κ1) is 28.4. The highest BCUT2D eigenvalue weighted by molar-refractivity contribution is 7.22. The molecule has 218 valence electrons. The van der Waals surface area contributed by atoms with Gasteiger partial charge in [-0.15, -0.1) is 11.3 Å². The van der Waals surface area contributed by atoms with Gasteiger partial charge in [0.15, 0.2) is 5.78 Å². The van der Waals surface area contributed by atoms with E-state index in [4.69, 9.17) is 9.47 Å². The van der Waals surface area contributed by atoms with Gasteiger partial charge in [-0.2, -0.15) is 0 Å². The van der Waals surface area contributed by atoms with Crippen molar-refractivity contribution in [2.45, 2.75) is 51.0 Å². The summed E-state index contributed by atoms with van der Waals surface area (Å²) >= 11 is 1.64. The zero-order chi connectivity index (χ0) is 28.9. The summed E-state index contributed by atoms with van der Waals surface area (Å²) in [6.45, 7) is 3.72. The number of nitrogens with one attached hydrogen (secondary N) is 1. The Hall–Kier alpha value is -3.68. The van der Waals surface area contributed by atoms with E-state index in [9.17, 15) is 9.59 Å². The summed E-state index contributed by atoms with van der Waals surface area (Å²) in [7, 11) is 1.69. The number of fused-ring (bicyclic) bond motifs is 1. The maximum Gasteiger partial charge on any atom is 0.220 e. The largest absolute Gasteiger partial charge is 0.501 e. The fraction of sp³-hybridized carbons (Fsp3) is 0.371. The number of amides is 1. The Morgan fingerprint density at radius 1 is 1.05 bits per heavy atom. The van der Waals surface area contributed by atoms with E-state index < -0.39 is 0 Å². The van der Waals surface area contributed by atoms with Crippen LogP contribution in [0.1, 0.15) is 55.3 Å². The number of rotatable bonds is 10. The molecule has 1 N–H and O–H groups in total. The van der Waals surface area contributed by atoms with Crippen LogP contribution in [0.15, 0.2) is 83.7 Å². The molecule has 1 aromatic heterocycles. The van der Waals surface area contributed by atoms with Gasteiger partial charge in [-0.1, -0.05) is 36.8 Å². The Kier molecular flexibility index (Phi) is 8.87. The number of benzene rings is 2. The van der Waals surface area contributed by atoms with Gasteiger partial charge in [0, 0.05) is 57.9 Å². The highest BCUT2D eigenvalue weighted by atomic mass is 32.1. The summed E-state index contributed by atoms with van der Waals surface area (Å²) in [5.41, 5.74) is 3.63. The van der Waals surface area contributed by atoms with Crippen LogP contribution in [0.5, 0.6) is 5.75 Å². The topological polar surface area (TPSA) is 67.9 Å². The SMILES string of the molecule is COC1=CC(C(=O)c2c(-c3ccc(OCCC4CCC(=O)N4)cc3)sc3ccccc23)=CC=C(CN2CCCCC2)C1. The molecule has 6 nitrogen and oxygen atoms in total. The minimum atomic E-state index is 0.00593. The molecule has 0 saturated carbocycles. The number of nitrogens with zero attached hydrogens (tertiary/aromatic N) is 1. The fourth-order valence-corrected chi connectivity index (χ4v) is 7.29. The predicted molar refractivity (Wildman–Crippen MR) is 169 cm³/mol. The number of methoxy groups -OCH3 is 1. The van der Waals surface area contributed by atoms with Crippen LogP contribution in [-0.4, -0.2) is 56.0 Å². The molecule has 0 bridgehead atoms. The number of hydrogen-bond donors (Lipinski definition) is 1. The van der Waals surface area contributed by atoms with Crippen LogP contribution in [0, 0.1) is 0 Å². The number of likely N-dealkylation sites (tertiary alicyclic amines) is 1. The highest BCUT2D eigenvalue weighted by Gasteiger charge is 2.24. The molecule has 0 spiro atoms. The molecule has 6 rings (SSSR count). The van der Waals surface area contributed by atoms with E-state index in [0.717, 1.165) is 70.1 Å². The molecule has 0 radical (unpaired) electrons. The minimum absolute atomic E-state index is 0.00593. The third-order valence-electron chi connectivity index (χ3n) is 8.38. The fourth-order valence-electron chi connectivity index (χ4n) is 6.08. The molecule has 2 aliphatic heterocycles. The Morgan fingerprint density at radius 2 is 1.86 bits per heavy atom. The first-order chi connectivity index (χ1) is 20.6. The van der Waals surface area contributed by atoms with Crippen molar-refractivity contribution in [2.24, 2.45) is 0 Å². The lowest BCUT2D eigenvalue weighted by Crippen LogP contribution is -2.31. The third-order valence-corrected chi connectivity index (χ3v) is 9.60. The number of allylic oxidation sites excluding steroid dienone is 5. The first-order valence-electron chi connectivity index (χ1n) is 15.0. The second-order valence-electron chi connectivity index (χ2n) is 11.4. The van der Waals surface area contributed by atoms with Gasteiger partial charge in [-0.05, 0) is 79.9 Å². The molecule has 2 fully saturated rings. The molecule has 1 atom stereocenters. The lowest BCUT2D eigenvalue weighted by atomic mass is 9.97. The number of piperidine rings is 1. The third kappa shape index (κ3) is 6.53. The number of thiophene rings is 1. The van der Waals surface area contributed by atoms with Crippen molar-refractivity contribution >= 4 is 33.1 Å². The number of carbonyl (C=O) groups is 2. The average molecular weight is 583 g/mol. The van der Waals surface area contributed by atoms with Crippen molar-refractivity contribution in [3.05, 3.63) is 89.2 Å². The van der Waals surface area contributed by atoms with Gasteiger partial charge in [0.2, 0.25) is 5.91 Å². The second kappa shape index (κ2) is 13.1. The highest BCUT2D eigenvalue weighted by Crippen LogP contribution is 2.41. The lowest BCUT2D eigenvalue weighted by Gasteiger charge is -2.27. The maximum atomic E-state index is 14.3. The molecule has 7 heteroatoms. The first-order valence-corrected chi connectivity index (χ1v) is 15.8. The van der Waals surface area contributed by atoms with Crippen molar-refractivity contribution in [3.63, 3.8) is 0 Å². The number of ether oxygens (including phenoxy) is 2. The van der Waals surface area contributed by atoms with E-state index in [-0.39, 0.29) is 17.7 Å². The molecule has 1 aliphatic carbocycles. The molecule has 1 amide bonds. The van der Waals surface area contributed by atoms with E-state index in [1.165, 1.54) is 24.8 Å². The molecule has 3 aromatic rings. The molecule has 3 aliphatic rings. The maximum absolute atomic E-state index is 14.3. The van der Waals surface area contributed by atoms with Crippen molar-refractivity contribution in [3.8, 4) is 16.2 Å². The monoisotopic (exact) mass is 582 g/mol. The molecule has 2 saturated heterocycles. The Balaban J connectivity index is 1.25. The van der Waals surface area contributed by atoms with Crippen LogP contribution in [0.3, 0.4) is 0 Å². The van der Waals surface area contributed by atoms with Gasteiger partial charge in [-0.3, -0.25) is 14.5 Å².